The summed E-state index contributed by atoms with van der Waals surface area (Å²) in [6.45, 7) is 9.54. The summed E-state index contributed by atoms with van der Waals surface area (Å²) in [4.78, 5) is 2.37. The van der Waals surface area contributed by atoms with Crippen LogP contribution in [0.3, 0.4) is 0 Å². The summed E-state index contributed by atoms with van der Waals surface area (Å²) in [6.07, 6.45) is 0. The van der Waals surface area contributed by atoms with Crippen molar-refractivity contribution in [2.45, 2.75) is 38.5 Å². The lowest BCUT2D eigenvalue weighted by Crippen LogP contribution is -2.34. The zero-order valence-electron chi connectivity index (χ0n) is 16.2. The molecule has 0 unspecified atom stereocenters. The number of anilines is 2. The van der Waals surface area contributed by atoms with Crippen molar-refractivity contribution in [2.75, 3.05) is 11.9 Å². The Morgan fingerprint density at radius 2 is 1.19 bits per heavy atom. The average molecular weight is 339 g/mol. The van der Waals surface area contributed by atoms with Crippen LogP contribution in [0.15, 0.2) is 60.7 Å². The molecular weight excluding hydrogens is 314 g/mol. The second-order valence-electron chi connectivity index (χ2n) is 8.75. The van der Waals surface area contributed by atoms with Crippen LogP contribution in [0.25, 0.3) is 11.1 Å². The Hall–Kier alpha value is -2.54. The maximum atomic E-state index is 2.39. The van der Waals surface area contributed by atoms with Gasteiger partial charge < -0.3 is 4.90 Å². The first-order chi connectivity index (χ1) is 12.3. The van der Waals surface area contributed by atoms with Gasteiger partial charge in [-0.15, -0.1) is 0 Å². The predicted octanol–water partition coefficient (Wildman–Crippen LogP) is 6.40. The van der Waals surface area contributed by atoms with Crippen LogP contribution in [0.5, 0.6) is 0 Å². The largest absolute Gasteiger partial charge is 0.344 e. The summed E-state index contributed by atoms with van der Waals surface area (Å²) >= 11 is 0. The molecule has 0 amide bonds. The van der Waals surface area contributed by atoms with Crippen LogP contribution in [0, 0.1) is 0 Å². The van der Waals surface area contributed by atoms with E-state index in [1.807, 2.05) is 0 Å². The maximum Gasteiger partial charge on any atom is 0.0453 e. The monoisotopic (exact) mass is 339 g/mol. The molecule has 0 saturated carbocycles. The number of benzene rings is 3. The third-order valence-corrected chi connectivity index (χ3v) is 6.62. The maximum absolute atomic E-state index is 2.39. The van der Waals surface area contributed by atoms with Gasteiger partial charge in [0.05, 0.1) is 0 Å². The van der Waals surface area contributed by atoms with Gasteiger partial charge in [-0.1, -0.05) is 76.2 Å². The van der Waals surface area contributed by atoms with Crippen molar-refractivity contribution in [1.82, 2.24) is 0 Å². The molecule has 130 valence electrons. The molecule has 0 fully saturated rings. The molecule has 1 heteroatoms. The van der Waals surface area contributed by atoms with E-state index in [4.69, 9.17) is 0 Å². The van der Waals surface area contributed by atoms with Crippen LogP contribution in [-0.2, 0) is 10.8 Å². The van der Waals surface area contributed by atoms with E-state index in [9.17, 15) is 0 Å². The predicted molar refractivity (Wildman–Crippen MR) is 111 cm³/mol. The number of hydrogen-bond donors (Lipinski definition) is 0. The van der Waals surface area contributed by atoms with E-state index in [0.717, 1.165) is 0 Å². The summed E-state index contributed by atoms with van der Waals surface area (Å²) in [5.41, 5.74) is 11.3. The molecule has 0 spiro atoms. The van der Waals surface area contributed by atoms with E-state index >= 15 is 0 Å². The van der Waals surface area contributed by atoms with Gasteiger partial charge in [0.1, 0.15) is 0 Å². The normalized spacial score (nSPS) is 18.0. The molecule has 0 atom stereocenters. The van der Waals surface area contributed by atoms with Gasteiger partial charge in [0.25, 0.3) is 0 Å². The number of fused-ring (bicyclic) bond motifs is 6. The summed E-state index contributed by atoms with van der Waals surface area (Å²) in [5.74, 6) is 0. The van der Waals surface area contributed by atoms with Gasteiger partial charge >= 0.3 is 0 Å². The van der Waals surface area contributed by atoms with Crippen LogP contribution in [0.2, 0.25) is 0 Å². The van der Waals surface area contributed by atoms with Crippen molar-refractivity contribution in [1.29, 1.82) is 0 Å². The van der Waals surface area contributed by atoms with Crippen molar-refractivity contribution in [3.63, 3.8) is 0 Å². The van der Waals surface area contributed by atoms with Crippen molar-refractivity contribution in [3.05, 3.63) is 82.9 Å². The lowest BCUT2D eigenvalue weighted by molar-refractivity contribution is 0.582. The number of hydrogen-bond acceptors (Lipinski definition) is 1. The average Bonchev–Trinajstić information content (AvgIpc) is 2.88. The lowest BCUT2D eigenvalue weighted by Gasteiger charge is -2.43. The summed E-state index contributed by atoms with van der Waals surface area (Å²) in [7, 11) is 2.20. The fraction of sp³-hybridized carbons (Fsp3) is 0.280. The highest BCUT2D eigenvalue weighted by molar-refractivity contribution is 5.89. The Morgan fingerprint density at radius 3 is 1.96 bits per heavy atom. The van der Waals surface area contributed by atoms with Gasteiger partial charge in [-0.3, -0.25) is 0 Å². The van der Waals surface area contributed by atoms with Crippen molar-refractivity contribution < 1.29 is 0 Å². The molecule has 5 rings (SSSR count). The molecule has 0 N–H and O–H groups in total. The Balaban J connectivity index is 1.90. The minimum absolute atomic E-state index is 0.0155. The SMILES string of the molecule is CN1c2ccccc2C(C)(C)c2c1ccc1c2C(C)(C)c2ccccc2-1. The van der Waals surface area contributed by atoms with Crippen LogP contribution in [-0.4, -0.2) is 7.05 Å². The van der Waals surface area contributed by atoms with E-state index in [2.05, 4.69) is 100 Å². The zero-order chi connectivity index (χ0) is 18.3. The van der Waals surface area contributed by atoms with Gasteiger partial charge in [0.2, 0.25) is 0 Å². The quantitative estimate of drug-likeness (QED) is 0.458. The molecule has 1 aliphatic heterocycles. The van der Waals surface area contributed by atoms with Crippen LogP contribution >= 0.6 is 0 Å². The van der Waals surface area contributed by atoms with Crippen molar-refractivity contribution in [3.8, 4) is 11.1 Å². The van der Waals surface area contributed by atoms with Gasteiger partial charge in [-0.2, -0.15) is 0 Å². The van der Waals surface area contributed by atoms with Gasteiger partial charge in [-0.25, -0.2) is 0 Å². The minimum Gasteiger partial charge on any atom is -0.344 e. The molecule has 3 aromatic carbocycles. The molecule has 0 aromatic heterocycles. The minimum atomic E-state index is -0.0247. The topological polar surface area (TPSA) is 3.24 Å². The van der Waals surface area contributed by atoms with E-state index in [-0.39, 0.29) is 10.8 Å². The third-order valence-electron chi connectivity index (χ3n) is 6.62. The van der Waals surface area contributed by atoms with Crippen molar-refractivity contribution in [2.24, 2.45) is 0 Å². The molecule has 2 aliphatic rings. The lowest BCUT2D eigenvalue weighted by atomic mass is 9.67. The second kappa shape index (κ2) is 4.79. The van der Waals surface area contributed by atoms with E-state index in [1.165, 1.54) is 44.8 Å². The molecule has 3 aromatic rings. The van der Waals surface area contributed by atoms with E-state index in [0.29, 0.717) is 0 Å². The third kappa shape index (κ3) is 1.71. The smallest absolute Gasteiger partial charge is 0.0453 e. The van der Waals surface area contributed by atoms with Crippen LogP contribution in [0.4, 0.5) is 11.4 Å². The summed E-state index contributed by atoms with van der Waals surface area (Å²) in [5, 5.41) is 0. The zero-order valence-corrected chi connectivity index (χ0v) is 16.2. The van der Waals surface area contributed by atoms with Crippen LogP contribution < -0.4 is 4.90 Å². The first-order valence-electron chi connectivity index (χ1n) is 9.46. The highest BCUT2D eigenvalue weighted by Gasteiger charge is 2.44. The van der Waals surface area contributed by atoms with E-state index < -0.39 is 0 Å². The van der Waals surface area contributed by atoms with E-state index in [1.54, 1.807) is 0 Å². The molecular formula is C25H25N. The molecule has 1 nitrogen and oxygen atoms in total. The molecule has 26 heavy (non-hydrogen) atoms. The molecule has 0 saturated heterocycles. The number of para-hydroxylation sites is 1. The van der Waals surface area contributed by atoms with Crippen LogP contribution in [0.1, 0.15) is 49.9 Å². The fourth-order valence-electron chi connectivity index (χ4n) is 5.33. The van der Waals surface area contributed by atoms with Gasteiger partial charge in [-0.05, 0) is 45.5 Å². The molecule has 1 aliphatic carbocycles. The molecule has 0 bridgehead atoms. The highest BCUT2D eigenvalue weighted by Crippen LogP contribution is 2.58. The first-order valence-corrected chi connectivity index (χ1v) is 9.46. The standard InChI is InChI=1S/C25H25N/c1-24(2)18-11-7-6-10-16(18)17-14-15-21-23(22(17)24)25(3,4)19-12-8-9-13-20(19)26(21)5/h6-15H,1-5H3. The molecule has 0 radical (unpaired) electrons. The van der Waals surface area contributed by atoms with Crippen molar-refractivity contribution >= 4 is 11.4 Å². The highest BCUT2D eigenvalue weighted by atomic mass is 15.1. The molecule has 1 heterocycles. The van der Waals surface area contributed by atoms with Gasteiger partial charge in [0.15, 0.2) is 0 Å². The Kier molecular flexibility index (Phi) is 2.89. The fourth-order valence-corrected chi connectivity index (χ4v) is 5.33. The Morgan fingerprint density at radius 1 is 0.577 bits per heavy atom. The number of rotatable bonds is 0. The van der Waals surface area contributed by atoms with Gasteiger partial charge in [0, 0.05) is 29.3 Å². The summed E-state index contributed by atoms with van der Waals surface area (Å²) in [6, 6.07) is 22.4. The number of nitrogens with zero attached hydrogens (tertiary/aromatic N) is 1. The first kappa shape index (κ1) is 15.7. The second-order valence-corrected chi connectivity index (χ2v) is 8.75. The summed E-state index contributed by atoms with van der Waals surface area (Å²) < 4.78 is 0. The Labute approximate surface area is 156 Å². The Bertz CT molecular complexity index is 1060.